The van der Waals surface area contributed by atoms with Gasteiger partial charge in [-0.15, -0.1) is 0 Å². The van der Waals surface area contributed by atoms with Crippen LogP contribution in [-0.2, 0) is 31.3 Å². The average Bonchev–Trinajstić information content (AvgIpc) is 3.50. The highest BCUT2D eigenvalue weighted by Crippen LogP contribution is 2.47. The fraction of sp³-hybridized carbons (Fsp3) is 0.583. The maximum absolute atomic E-state index is 13.9. The summed E-state index contributed by atoms with van der Waals surface area (Å²) in [4.78, 5) is 16.1. The van der Waals surface area contributed by atoms with Gasteiger partial charge in [-0.3, -0.25) is 4.79 Å². The molecule has 1 spiro atoms. The first-order valence-corrected chi connectivity index (χ1v) is 18.9. The molecule has 1 saturated carbocycles. The van der Waals surface area contributed by atoms with E-state index in [1.807, 2.05) is 12.1 Å². The van der Waals surface area contributed by atoms with Crippen LogP contribution < -0.4 is 14.4 Å². The Balaban J connectivity index is 1.27. The molecule has 11 heteroatoms. The largest absolute Gasteiger partial charge is 0.490 e. The van der Waals surface area contributed by atoms with Gasteiger partial charge in [-0.25, -0.2) is 13.1 Å². The van der Waals surface area contributed by atoms with E-state index in [4.69, 9.17) is 25.8 Å². The summed E-state index contributed by atoms with van der Waals surface area (Å²) in [6.45, 7) is 2.43. The van der Waals surface area contributed by atoms with Gasteiger partial charge in [-0.1, -0.05) is 29.8 Å². The standard InChI is InChI=1S/C36H45ClN2O7S/c1-44-33-8-2-7-31(40)28-12-9-25(28)20-39-21-36(15-3-5-23-17-26(37)11-13-29(23)36)22-46-32-14-10-24(18-30(32)39)35(41)38-47(42,43)34(33)19-27-6-4-16-45-27/h2,7,10-11,13-14,17-18,25,27-28,31,33-34,40H,3-6,8-9,12,15-16,19-22H2,1H3,(H,38,41)/b7-2+/t25-,27-,28+,31-,33+,34+,36-/m0/s1. The number of benzene rings is 2. The van der Waals surface area contributed by atoms with Crippen LogP contribution in [0.5, 0.6) is 5.75 Å². The van der Waals surface area contributed by atoms with E-state index in [1.165, 1.54) is 18.2 Å². The lowest BCUT2D eigenvalue weighted by Gasteiger charge is -2.45. The number of halogens is 1. The molecule has 2 aromatic carbocycles. The third-order valence-electron chi connectivity index (χ3n) is 11.2. The molecule has 2 aromatic rings. The normalized spacial score (nSPS) is 34.3. The third-order valence-corrected chi connectivity index (χ3v) is 13.2. The molecule has 47 heavy (non-hydrogen) atoms. The lowest BCUT2D eigenvalue weighted by Crippen LogP contribution is -2.49. The topological polar surface area (TPSA) is 114 Å². The smallest absolute Gasteiger partial charge is 0.264 e. The van der Waals surface area contributed by atoms with Crippen molar-refractivity contribution in [3.8, 4) is 5.75 Å². The van der Waals surface area contributed by atoms with E-state index in [9.17, 15) is 18.3 Å². The monoisotopic (exact) mass is 684 g/mol. The van der Waals surface area contributed by atoms with Crippen LogP contribution in [0, 0.1) is 11.8 Å². The van der Waals surface area contributed by atoms with Crippen molar-refractivity contribution in [1.82, 2.24) is 4.72 Å². The van der Waals surface area contributed by atoms with Crippen molar-refractivity contribution >= 4 is 33.2 Å². The number of nitrogens with zero attached hydrogens (tertiary/aromatic N) is 1. The summed E-state index contributed by atoms with van der Waals surface area (Å²) in [6, 6.07) is 11.3. The molecule has 0 aromatic heterocycles. The van der Waals surface area contributed by atoms with Crippen LogP contribution in [0.2, 0.25) is 5.02 Å². The number of carbonyl (C=O) groups excluding carboxylic acids is 1. The van der Waals surface area contributed by atoms with Crippen LogP contribution in [0.4, 0.5) is 5.69 Å². The maximum Gasteiger partial charge on any atom is 0.264 e. The first-order chi connectivity index (χ1) is 22.7. The maximum atomic E-state index is 13.9. The summed E-state index contributed by atoms with van der Waals surface area (Å²) in [5.74, 6) is 0.285. The lowest BCUT2D eigenvalue weighted by atomic mass is 9.68. The molecule has 0 unspecified atom stereocenters. The second-order valence-electron chi connectivity index (χ2n) is 14.1. The molecule has 0 radical (unpaired) electrons. The molecule has 7 atom stereocenters. The van der Waals surface area contributed by atoms with Gasteiger partial charge in [0.1, 0.15) is 11.0 Å². The summed E-state index contributed by atoms with van der Waals surface area (Å²) in [5, 5.41) is 11.0. The molecule has 2 fully saturated rings. The molecule has 3 heterocycles. The zero-order chi connectivity index (χ0) is 32.8. The number of hydrogen-bond donors (Lipinski definition) is 2. The number of hydrogen-bond acceptors (Lipinski definition) is 8. The van der Waals surface area contributed by atoms with E-state index in [2.05, 4.69) is 21.8 Å². The summed E-state index contributed by atoms with van der Waals surface area (Å²) < 4.78 is 48.4. The summed E-state index contributed by atoms with van der Waals surface area (Å²) in [6.07, 6.45) is 8.95. The molecular formula is C36H45ClN2O7S. The lowest BCUT2D eigenvalue weighted by molar-refractivity contribution is 0.0447. The molecule has 254 valence electrons. The minimum atomic E-state index is -4.18. The van der Waals surface area contributed by atoms with Gasteiger partial charge in [0, 0.05) is 42.8 Å². The number of ether oxygens (including phenoxy) is 3. The van der Waals surface area contributed by atoms with Crippen molar-refractivity contribution in [2.75, 3.05) is 38.3 Å². The Kier molecular flexibility index (Phi) is 9.34. The summed E-state index contributed by atoms with van der Waals surface area (Å²) in [7, 11) is -2.69. The van der Waals surface area contributed by atoms with Crippen molar-refractivity contribution in [3.05, 3.63) is 70.3 Å². The second kappa shape index (κ2) is 13.3. The van der Waals surface area contributed by atoms with Crippen molar-refractivity contribution in [3.63, 3.8) is 0 Å². The number of fused-ring (bicyclic) bond motifs is 4. The van der Waals surface area contributed by atoms with Gasteiger partial charge in [0.25, 0.3) is 5.91 Å². The van der Waals surface area contributed by atoms with Crippen LogP contribution in [0.15, 0.2) is 48.6 Å². The number of sulfonamides is 1. The van der Waals surface area contributed by atoms with E-state index < -0.39 is 33.4 Å². The van der Waals surface area contributed by atoms with Crippen LogP contribution in [-0.4, -0.2) is 76.4 Å². The predicted octanol–water partition coefficient (Wildman–Crippen LogP) is 5.17. The number of methoxy groups -OCH3 is 1. The van der Waals surface area contributed by atoms with E-state index >= 15 is 0 Å². The van der Waals surface area contributed by atoms with Crippen molar-refractivity contribution in [2.45, 2.75) is 86.8 Å². The molecular weight excluding hydrogens is 640 g/mol. The second-order valence-corrected chi connectivity index (χ2v) is 16.4. The molecule has 1 saturated heterocycles. The Morgan fingerprint density at radius 3 is 2.79 bits per heavy atom. The first-order valence-electron chi connectivity index (χ1n) is 17.0. The number of amides is 1. The average molecular weight is 685 g/mol. The zero-order valence-electron chi connectivity index (χ0n) is 26.9. The molecule has 1 amide bonds. The summed E-state index contributed by atoms with van der Waals surface area (Å²) in [5.41, 5.74) is 3.21. The Hall–Kier alpha value is -2.63. The third kappa shape index (κ3) is 6.56. The van der Waals surface area contributed by atoms with Gasteiger partial charge in [0.05, 0.1) is 30.6 Å². The Labute approximate surface area is 282 Å². The number of carbonyl (C=O) groups is 1. The van der Waals surface area contributed by atoms with Crippen LogP contribution >= 0.6 is 11.6 Å². The van der Waals surface area contributed by atoms with Crippen molar-refractivity contribution in [1.29, 1.82) is 0 Å². The highest BCUT2D eigenvalue weighted by molar-refractivity contribution is 7.90. The molecule has 2 N–H and O–H groups in total. The Bertz CT molecular complexity index is 1630. The van der Waals surface area contributed by atoms with Gasteiger partial charge in [-0.2, -0.15) is 0 Å². The van der Waals surface area contributed by atoms with Gasteiger partial charge in [-0.05, 0) is 111 Å². The molecule has 3 aliphatic heterocycles. The van der Waals surface area contributed by atoms with Crippen molar-refractivity contribution < 1.29 is 32.5 Å². The fourth-order valence-electron chi connectivity index (χ4n) is 8.54. The number of anilines is 1. The first kappa shape index (κ1) is 32.9. The molecule has 2 aliphatic carbocycles. The molecule has 2 bridgehead atoms. The Morgan fingerprint density at radius 1 is 1.15 bits per heavy atom. The SMILES string of the molecule is CO[C@@H]1C/C=C/[C@H](O)[C@@H]2CC[C@H]2CN2C[C@@]3(CCCc4cc(Cl)ccc43)COc3ccc(cc32)C(=O)NS(=O)(=O)[C@@H]1C[C@@H]1CCCO1. The number of aliphatic hydroxyl groups is 1. The minimum absolute atomic E-state index is 0.0686. The van der Waals surface area contributed by atoms with Gasteiger partial charge >= 0.3 is 0 Å². The molecule has 9 nitrogen and oxygen atoms in total. The van der Waals surface area contributed by atoms with Gasteiger partial charge < -0.3 is 24.2 Å². The Morgan fingerprint density at radius 2 is 2.02 bits per heavy atom. The van der Waals surface area contributed by atoms with Gasteiger partial charge in [0.15, 0.2) is 0 Å². The highest BCUT2D eigenvalue weighted by Gasteiger charge is 2.45. The van der Waals surface area contributed by atoms with E-state index in [1.54, 1.807) is 24.3 Å². The van der Waals surface area contributed by atoms with Crippen molar-refractivity contribution in [2.24, 2.45) is 11.8 Å². The fourth-order valence-corrected chi connectivity index (χ4v) is 10.3. The zero-order valence-corrected chi connectivity index (χ0v) is 28.5. The van der Waals surface area contributed by atoms with Crippen LogP contribution in [0.1, 0.15) is 72.9 Å². The minimum Gasteiger partial charge on any atom is -0.490 e. The number of nitrogens with one attached hydrogen (secondary N) is 1. The quantitative estimate of drug-likeness (QED) is 0.426. The van der Waals surface area contributed by atoms with E-state index in [0.29, 0.717) is 32.1 Å². The predicted molar refractivity (Wildman–Crippen MR) is 181 cm³/mol. The van der Waals surface area contributed by atoms with Crippen LogP contribution in [0.25, 0.3) is 0 Å². The number of aryl methyl sites for hydroxylation is 1. The van der Waals surface area contributed by atoms with Crippen LogP contribution in [0.3, 0.4) is 0 Å². The van der Waals surface area contributed by atoms with E-state index in [0.717, 1.165) is 55.7 Å². The number of rotatable bonds is 3. The molecule has 7 rings (SSSR count). The summed E-state index contributed by atoms with van der Waals surface area (Å²) >= 11 is 6.41. The molecule has 5 aliphatic rings. The highest BCUT2D eigenvalue weighted by atomic mass is 35.5. The number of aliphatic hydroxyl groups excluding tert-OH is 1. The van der Waals surface area contributed by atoms with E-state index in [-0.39, 0.29) is 41.8 Å². The van der Waals surface area contributed by atoms with Gasteiger partial charge in [0.2, 0.25) is 10.0 Å².